The molecule has 7 nitrogen and oxygen atoms in total. The maximum Gasteiger partial charge on any atom is 0.257 e. The Morgan fingerprint density at radius 1 is 1.28 bits per heavy atom. The molecule has 1 saturated heterocycles. The number of aliphatic hydroxyl groups excluding tert-OH is 1. The quantitative estimate of drug-likeness (QED) is 0.756. The fourth-order valence-electron chi connectivity index (χ4n) is 2.95. The Kier molecular flexibility index (Phi) is 6.16. The van der Waals surface area contributed by atoms with Gasteiger partial charge in [0.15, 0.2) is 0 Å². The summed E-state index contributed by atoms with van der Waals surface area (Å²) in [4.78, 5) is 16.2. The van der Waals surface area contributed by atoms with Gasteiger partial charge in [-0.15, -0.1) is 0 Å². The second-order valence-electron chi connectivity index (χ2n) is 6.23. The number of nitrogens with one attached hydrogen (secondary N) is 1. The van der Waals surface area contributed by atoms with E-state index in [2.05, 4.69) is 15.1 Å². The average molecular weight is 344 g/mol. The van der Waals surface area contributed by atoms with Crippen molar-refractivity contribution in [3.8, 4) is 0 Å². The van der Waals surface area contributed by atoms with E-state index in [9.17, 15) is 9.90 Å². The van der Waals surface area contributed by atoms with E-state index in [0.29, 0.717) is 38.4 Å². The lowest BCUT2D eigenvalue weighted by Gasteiger charge is -2.21. The second kappa shape index (κ2) is 8.75. The van der Waals surface area contributed by atoms with Crippen molar-refractivity contribution in [2.75, 3.05) is 39.3 Å². The summed E-state index contributed by atoms with van der Waals surface area (Å²) < 4.78 is 5.72. The van der Waals surface area contributed by atoms with Crippen LogP contribution in [0, 0.1) is 0 Å². The summed E-state index contributed by atoms with van der Waals surface area (Å²) in [6.45, 7) is 4.10. The molecule has 1 aromatic heterocycles. The van der Waals surface area contributed by atoms with Crippen LogP contribution in [0.5, 0.6) is 0 Å². The van der Waals surface area contributed by atoms with Crippen LogP contribution >= 0.6 is 0 Å². The van der Waals surface area contributed by atoms with Crippen molar-refractivity contribution in [1.29, 1.82) is 0 Å². The zero-order chi connectivity index (χ0) is 17.5. The fraction of sp³-hybridized carbons (Fsp3) is 0.444. The number of aromatic amines is 1. The molecule has 2 N–H and O–H groups in total. The van der Waals surface area contributed by atoms with Crippen LogP contribution in [0.2, 0.25) is 0 Å². The minimum absolute atomic E-state index is 0.102. The fourth-order valence-corrected chi connectivity index (χ4v) is 2.95. The van der Waals surface area contributed by atoms with E-state index in [4.69, 9.17) is 4.74 Å². The van der Waals surface area contributed by atoms with Crippen LogP contribution in [0.1, 0.15) is 15.9 Å². The SMILES string of the molecule is O=C(c1cn[nH]c1)N1CCN(CCOCc2ccccc2)CC(O)C1. The molecule has 3 rings (SSSR count). The molecule has 0 spiro atoms. The van der Waals surface area contributed by atoms with Crippen LogP contribution in [0.3, 0.4) is 0 Å². The van der Waals surface area contributed by atoms with E-state index in [1.165, 1.54) is 6.20 Å². The highest BCUT2D eigenvalue weighted by Gasteiger charge is 2.25. The van der Waals surface area contributed by atoms with Crippen LogP contribution < -0.4 is 0 Å². The number of hydrogen-bond acceptors (Lipinski definition) is 5. The Morgan fingerprint density at radius 2 is 2.12 bits per heavy atom. The number of H-pyrrole nitrogens is 1. The standard InChI is InChI=1S/C18H24N4O3/c23-17-12-21(8-9-25-14-15-4-2-1-3-5-15)6-7-22(13-17)18(24)16-10-19-20-11-16/h1-5,10-11,17,23H,6-9,12-14H2,(H,19,20). The van der Waals surface area contributed by atoms with Gasteiger partial charge in [-0.3, -0.25) is 14.8 Å². The Labute approximate surface area is 147 Å². The highest BCUT2D eigenvalue weighted by atomic mass is 16.5. The topological polar surface area (TPSA) is 81.7 Å². The number of amides is 1. The van der Waals surface area contributed by atoms with Crippen LogP contribution in [0.15, 0.2) is 42.7 Å². The van der Waals surface area contributed by atoms with E-state index < -0.39 is 6.10 Å². The van der Waals surface area contributed by atoms with Gasteiger partial charge in [-0.2, -0.15) is 5.10 Å². The summed E-state index contributed by atoms with van der Waals surface area (Å²) in [5, 5.41) is 16.7. The summed E-state index contributed by atoms with van der Waals surface area (Å²) in [7, 11) is 0. The molecule has 0 saturated carbocycles. The Bertz CT molecular complexity index is 648. The number of aliphatic hydroxyl groups is 1. The maximum atomic E-state index is 12.4. The monoisotopic (exact) mass is 344 g/mol. The van der Waals surface area contributed by atoms with E-state index in [1.807, 2.05) is 30.3 Å². The highest BCUT2D eigenvalue weighted by Crippen LogP contribution is 2.09. The second-order valence-corrected chi connectivity index (χ2v) is 6.23. The summed E-state index contributed by atoms with van der Waals surface area (Å²) in [6, 6.07) is 10.0. The molecular formula is C18H24N4O3. The third-order valence-corrected chi connectivity index (χ3v) is 4.28. The summed E-state index contributed by atoms with van der Waals surface area (Å²) in [6.07, 6.45) is 2.52. The van der Waals surface area contributed by atoms with Crippen LogP contribution in [0.4, 0.5) is 0 Å². The molecule has 7 heteroatoms. The minimum atomic E-state index is -0.563. The van der Waals surface area contributed by atoms with Crippen molar-refractivity contribution in [2.24, 2.45) is 0 Å². The van der Waals surface area contributed by atoms with Crippen molar-refractivity contribution < 1.29 is 14.6 Å². The number of β-amino-alcohol motifs (C(OH)–C–C–N with tert-alkyl or cyclic N) is 1. The largest absolute Gasteiger partial charge is 0.390 e. The van der Waals surface area contributed by atoms with Crippen molar-refractivity contribution in [3.63, 3.8) is 0 Å². The number of rotatable bonds is 6. The van der Waals surface area contributed by atoms with Gasteiger partial charge in [-0.1, -0.05) is 30.3 Å². The Balaban J connectivity index is 1.44. The lowest BCUT2D eigenvalue weighted by Crippen LogP contribution is -2.37. The van der Waals surface area contributed by atoms with Crippen molar-refractivity contribution in [1.82, 2.24) is 20.0 Å². The molecule has 134 valence electrons. The first-order chi connectivity index (χ1) is 12.2. The minimum Gasteiger partial charge on any atom is -0.390 e. The molecule has 1 fully saturated rings. The van der Waals surface area contributed by atoms with Gasteiger partial charge in [0, 0.05) is 38.9 Å². The Hall–Kier alpha value is -2.22. The zero-order valence-corrected chi connectivity index (χ0v) is 14.2. The molecular weight excluding hydrogens is 320 g/mol. The number of carbonyl (C=O) groups excluding carboxylic acids is 1. The smallest absolute Gasteiger partial charge is 0.257 e. The molecule has 1 unspecified atom stereocenters. The molecule has 1 amide bonds. The molecule has 1 aliphatic heterocycles. The first-order valence-electron chi connectivity index (χ1n) is 8.52. The highest BCUT2D eigenvalue weighted by molar-refractivity contribution is 5.93. The maximum absolute atomic E-state index is 12.4. The molecule has 0 radical (unpaired) electrons. The van der Waals surface area contributed by atoms with Gasteiger partial charge in [0.05, 0.1) is 31.1 Å². The van der Waals surface area contributed by atoms with Gasteiger partial charge in [-0.25, -0.2) is 0 Å². The van der Waals surface area contributed by atoms with Crippen molar-refractivity contribution in [3.05, 3.63) is 53.9 Å². The van der Waals surface area contributed by atoms with E-state index >= 15 is 0 Å². The average Bonchev–Trinajstić information content (AvgIpc) is 3.10. The lowest BCUT2D eigenvalue weighted by atomic mass is 10.2. The number of carbonyl (C=O) groups is 1. The van der Waals surface area contributed by atoms with Gasteiger partial charge in [-0.05, 0) is 5.56 Å². The predicted octanol–water partition coefficient (Wildman–Crippen LogP) is 0.745. The van der Waals surface area contributed by atoms with Gasteiger partial charge in [0.2, 0.25) is 0 Å². The molecule has 1 aliphatic rings. The van der Waals surface area contributed by atoms with Gasteiger partial charge in [0.1, 0.15) is 0 Å². The normalized spacial score (nSPS) is 18.9. The van der Waals surface area contributed by atoms with Crippen LogP contribution in [-0.2, 0) is 11.3 Å². The van der Waals surface area contributed by atoms with Crippen LogP contribution in [-0.4, -0.2) is 76.4 Å². The number of ether oxygens (including phenoxy) is 1. The summed E-state index contributed by atoms with van der Waals surface area (Å²) in [5.74, 6) is -0.102. The first kappa shape index (κ1) is 17.6. The first-order valence-corrected chi connectivity index (χ1v) is 8.52. The molecule has 2 heterocycles. The van der Waals surface area contributed by atoms with Gasteiger partial charge < -0.3 is 14.7 Å². The summed E-state index contributed by atoms with van der Waals surface area (Å²) in [5.41, 5.74) is 1.67. The molecule has 0 bridgehead atoms. The number of hydrogen-bond donors (Lipinski definition) is 2. The third kappa shape index (κ3) is 5.12. The molecule has 1 aromatic carbocycles. The van der Waals surface area contributed by atoms with Crippen molar-refractivity contribution >= 4 is 5.91 Å². The zero-order valence-electron chi connectivity index (χ0n) is 14.2. The van der Waals surface area contributed by atoms with Crippen molar-refractivity contribution in [2.45, 2.75) is 12.7 Å². The van der Waals surface area contributed by atoms with E-state index in [-0.39, 0.29) is 5.91 Å². The lowest BCUT2D eigenvalue weighted by molar-refractivity contribution is 0.0637. The molecule has 0 aliphatic carbocycles. The van der Waals surface area contributed by atoms with E-state index in [0.717, 1.165) is 18.7 Å². The molecule has 25 heavy (non-hydrogen) atoms. The third-order valence-electron chi connectivity index (χ3n) is 4.28. The molecule has 2 aromatic rings. The number of aromatic nitrogens is 2. The van der Waals surface area contributed by atoms with E-state index in [1.54, 1.807) is 11.1 Å². The van der Waals surface area contributed by atoms with Gasteiger partial charge >= 0.3 is 0 Å². The summed E-state index contributed by atoms with van der Waals surface area (Å²) >= 11 is 0. The number of nitrogens with zero attached hydrogens (tertiary/aromatic N) is 3. The number of benzene rings is 1. The Morgan fingerprint density at radius 3 is 2.88 bits per heavy atom. The molecule has 1 atom stereocenters. The van der Waals surface area contributed by atoms with Gasteiger partial charge in [0.25, 0.3) is 5.91 Å². The predicted molar refractivity (Wildman–Crippen MR) is 93.0 cm³/mol. The van der Waals surface area contributed by atoms with Crippen LogP contribution in [0.25, 0.3) is 0 Å².